The number of carboxylic acid groups (broad SMARTS) is 1. The molecule has 2 rings (SSSR count). The second-order valence-electron chi connectivity index (χ2n) is 5.47. The van der Waals surface area contributed by atoms with E-state index in [1.165, 1.54) is 5.56 Å². The molecule has 0 heterocycles. The fraction of sp³-hybridized carbons (Fsp3) is 0.533. The molecule has 0 radical (unpaired) electrons. The van der Waals surface area contributed by atoms with Gasteiger partial charge in [-0.2, -0.15) is 0 Å². The molecule has 0 atom stereocenters. The molecule has 0 saturated heterocycles. The summed E-state index contributed by atoms with van der Waals surface area (Å²) >= 11 is 0. The van der Waals surface area contributed by atoms with Crippen molar-refractivity contribution in [3.63, 3.8) is 0 Å². The largest absolute Gasteiger partial charge is 0.481 e. The molecule has 1 aliphatic carbocycles. The van der Waals surface area contributed by atoms with Gasteiger partial charge in [-0.3, -0.25) is 4.79 Å². The number of carbonyl (C=O) groups is 1. The quantitative estimate of drug-likeness (QED) is 0.864. The molecule has 17 heavy (non-hydrogen) atoms. The summed E-state index contributed by atoms with van der Waals surface area (Å²) in [7, 11) is 0. The van der Waals surface area contributed by atoms with Crippen LogP contribution < -0.4 is 0 Å². The lowest BCUT2D eigenvalue weighted by molar-refractivity contribution is -0.147. The van der Waals surface area contributed by atoms with Crippen LogP contribution in [0, 0.1) is 6.92 Å². The van der Waals surface area contributed by atoms with Crippen molar-refractivity contribution in [2.24, 2.45) is 0 Å². The molecular weight excluding hydrogens is 212 g/mol. The molecule has 2 nitrogen and oxygen atoms in total. The first-order chi connectivity index (χ1) is 7.97. The van der Waals surface area contributed by atoms with E-state index in [4.69, 9.17) is 0 Å². The van der Waals surface area contributed by atoms with Gasteiger partial charge in [0.15, 0.2) is 0 Å². The molecule has 0 bridgehead atoms. The van der Waals surface area contributed by atoms with Crippen molar-refractivity contribution < 1.29 is 9.90 Å². The van der Waals surface area contributed by atoms with Crippen LogP contribution in [-0.4, -0.2) is 11.1 Å². The van der Waals surface area contributed by atoms with Gasteiger partial charge in [-0.25, -0.2) is 0 Å². The van der Waals surface area contributed by atoms with Crippen molar-refractivity contribution in [3.8, 4) is 0 Å². The second kappa shape index (κ2) is 4.17. The average Bonchev–Trinajstić information content (AvgIpc) is 2.18. The molecule has 2 heteroatoms. The fourth-order valence-corrected chi connectivity index (χ4v) is 2.64. The maximum absolute atomic E-state index is 11.5. The van der Waals surface area contributed by atoms with E-state index in [0.29, 0.717) is 5.92 Å². The molecule has 0 aromatic heterocycles. The Labute approximate surface area is 103 Å². The van der Waals surface area contributed by atoms with Crippen LogP contribution in [0.2, 0.25) is 0 Å². The van der Waals surface area contributed by atoms with Crippen LogP contribution in [-0.2, 0) is 10.2 Å². The number of carboxylic acids is 1. The van der Waals surface area contributed by atoms with Gasteiger partial charge in [0.2, 0.25) is 0 Å². The van der Waals surface area contributed by atoms with Gasteiger partial charge in [-0.1, -0.05) is 38.5 Å². The summed E-state index contributed by atoms with van der Waals surface area (Å²) in [5.74, 6) is -0.215. The molecule has 1 N–H and O–H groups in total. The van der Waals surface area contributed by atoms with Crippen LogP contribution in [0.15, 0.2) is 18.2 Å². The van der Waals surface area contributed by atoms with Gasteiger partial charge in [0, 0.05) is 0 Å². The molecule has 0 unspecified atom stereocenters. The number of aliphatic carboxylic acids is 1. The number of hydrogen-bond acceptors (Lipinski definition) is 1. The zero-order valence-corrected chi connectivity index (χ0v) is 10.8. The normalized spacial score (nSPS) is 17.9. The summed E-state index contributed by atoms with van der Waals surface area (Å²) in [5.41, 5.74) is 2.77. The molecule has 0 spiro atoms. The molecular formula is C15H20O2. The van der Waals surface area contributed by atoms with Gasteiger partial charge in [0.1, 0.15) is 0 Å². The lowest BCUT2D eigenvalue weighted by Crippen LogP contribution is -2.43. The molecule has 1 aromatic rings. The fourth-order valence-electron chi connectivity index (χ4n) is 2.64. The summed E-state index contributed by atoms with van der Waals surface area (Å²) in [6, 6.07) is 6.28. The second-order valence-corrected chi connectivity index (χ2v) is 5.47. The highest BCUT2D eigenvalue weighted by Gasteiger charge is 2.46. The highest BCUT2D eigenvalue weighted by molar-refractivity contribution is 5.83. The standard InChI is InChI=1S/C15H20O2/c1-10(2)12-6-5-11(3)13(9-12)15(14(16)17)7-4-8-15/h5-6,9-10H,4,7-8H2,1-3H3,(H,16,17). The minimum absolute atomic E-state index is 0.445. The van der Waals surface area contributed by atoms with Crippen molar-refractivity contribution in [1.29, 1.82) is 0 Å². The van der Waals surface area contributed by atoms with E-state index in [1.807, 2.05) is 6.92 Å². The average molecular weight is 232 g/mol. The molecule has 0 amide bonds. The lowest BCUT2D eigenvalue weighted by Gasteiger charge is -2.39. The van der Waals surface area contributed by atoms with E-state index < -0.39 is 11.4 Å². The topological polar surface area (TPSA) is 37.3 Å². The molecule has 1 fully saturated rings. The smallest absolute Gasteiger partial charge is 0.314 e. The van der Waals surface area contributed by atoms with Crippen LogP contribution in [0.3, 0.4) is 0 Å². The Balaban J connectivity index is 2.50. The van der Waals surface area contributed by atoms with Crippen molar-refractivity contribution >= 4 is 5.97 Å². The summed E-state index contributed by atoms with van der Waals surface area (Å²) in [6.45, 7) is 6.30. The Morgan fingerprint density at radius 2 is 2.00 bits per heavy atom. The first-order valence-electron chi connectivity index (χ1n) is 6.32. The zero-order chi connectivity index (χ0) is 12.6. The van der Waals surface area contributed by atoms with Gasteiger partial charge in [0.05, 0.1) is 5.41 Å². The van der Waals surface area contributed by atoms with E-state index >= 15 is 0 Å². The van der Waals surface area contributed by atoms with Crippen molar-refractivity contribution in [1.82, 2.24) is 0 Å². The van der Waals surface area contributed by atoms with E-state index in [9.17, 15) is 9.90 Å². The van der Waals surface area contributed by atoms with E-state index in [2.05, 4.69) is 32.0 Å². The van der Waals surface area contributed by atoms with E-state index in [0.717, 1.165) is 30.4 Å². The van der Waals surface area contributed by atoms with Crippen LogP contribution in [0.5, 0.6) is 0 Å². The third-order valence-electron chi connectivity index (χ3n) is 4.06. The SMILES string of the molecule is Cc1ccc(C(C)C)cc1C1(C(=O)O)CCC1. The minimum atomic E-state index is -0.659. The highest BCUT2D eigenvalue weighted by atomic mass is 16.4. The Bertz CT molecular complexity index is 442. The third kappa shape index (κ3) is 1.86. The first kappa shape index (κ1) is 12.2. The van der Waals surface area contributed by atoms with Crippen molar-refractivity contribution in [2.75, 3.05) is 0 Å². The van der Waals surface area contributed by atoms with E-state index in [-0.39, 0.29) is 0 Å². The molecule has 0 aliphatic heterocycles. The number of hydrogen-bond donors (Lipinski definition) is 1. The summed E-state index contributed by atoms with van der Waals surface area (Å²) in [5, 5.41) is 9.49. The maximum Gasteiger partial charge on any atom is 0.314 e. The van der Waals surface area contributed by atoms with Crippen molar-refractivity contribution in [2.45, 2.75) is 51.4 Å². The number of benzene rings is 1. The molecule has 1 aliphatic rings. The van der Waals surface area contributed by atoms with Gasteiger partial charge in [-0.15, -0.1) is 0 Å². The highest BCUT2D eigenvalue weighted by Crippen LogP contribution is 2.45. The van der Waals surface area contributed by atoms with Crippen LogP contribution in [0.4, 0.5) is 0 Å². The van der Waals surface area contributed by atoms with Crippen LogP contribution in [0.1, 0.15) is 55.7 Å². The maximum atomic E-state index is 11.5. The van der Waals surface area contributed by atoms with Crippen LogP contribution >= 0.6 is 0 Å². The lowest BCUT2D eigenvalue weighted by atomic mass is 9.63. The molecule has 1 aromatic carbocycles. The predicted octanol–water partition coefficient (Wildman–Crippen LogP) is 3.62. The number of rotatable bonds is 3. The number of aryl methyl sites for hydroxylation is 1. The summed E-state index contributed by atoms with van der Waals surface area (Å²) in [4.78, 5) is 11.5. The third-order valence-corrected chi connectivity index (χ3v) is 4.06. The predicted molar refractivity (Wildman–Crippen MR) is 68.4 cm³/mol. The van der Waals surface area contributed by atoms with Gasteiger partial charge in [0.25, 0.3) is 0 Å². The monoisotopic (exact) mass is 232 g/mol. The van der Waals surface area contributed by atoms with Crippen LogP contribution in [0.25, 0.3) is 0 Å². The minimum Gasteiger partial charge on any atom is -0.481 e. The van der Waals surface area contributed by atoms with Gasteiger partial charge in [-0.05, 0) is 42.4 Å². The molecule has 1 saturated carbocycles. The Morgan fingerprint density at radius 3 is 2.41 bits per heavy atom. The van der Waals surface area contributed by atoms with Gasteiger partial charge >= 0.3 is 5.97 Å². The Morgan fingerprint density at radius 1 is 1.35 bits per heavy atom. The van der Waals surface area contributed by atoms with E-state index in [1.54, 1.807) is 0 Å². The first-order valence-corrected chi connectivity index (χ1v) is 6.32. The van der Waals surface area contributed by atoms with Gasteiger partial charge < -0.3 is 5.11 Å². The Kier molecular flexibility index (Phi) is 2.98. The zero-order valence-electron chi connectivity index (χ0n) is 10.8. The Hall–Kier alpha value is -1.31. The molecule has 92 valence electrons. The van der Waals surface area contributed by atoms with Crippen molar-refractivity contribution in [3.05, 3.63) is 34.9 Å². The summed E-state index contributed by atoms with van der Waals surface area (Å²) in [6.07, 6.45) is 2.59. The summed E-state index contributed by atoms with van der Waals surface area (Å²) < 4.78 is 0.